The topological polar surface area (TPSA) is 139 Å². The molecule has 186 valence electrons. The largest absolute Gasteiger partial charge is 0.504 e. The fourth-order valence-electron chi connectivity index (χ4n) is 4.74. The first-order chi connectivity index (χ1) is 16.6. The molecule has 1 amide bonds. The van der Waals surface area contributed by atoms with Gasteiger partial charge in [0.2, 0.25) is 0 Å². The summed E-state index contributed by atoms with van der Waals surface area (Å²) in [7, 11) is 6.44. The molecule has 35 heavy (non-hydrogen) atoms. The van der Waals surface area contributed by atoms with Gasteiger partial charge in [0.05, 0.1) is 25.0 Å². The highest BCUT2D eigenvalue weighted by Gasteiger charge is 2.42. The lowest BCUT2D eigenvalue weighted by molar-refractivity contribution is 0.0819. The standard InChI is InChI=1S/C24H30N6O5/c1-24(9-6-7-10-24)22(15-14(35-5)12-30(4)28-15)27-17-16(20(32)21(17)33)26-13-8-11-25-18(19(13)31)23(34)29(2)3/h8,11-12,22,27,31H,6-7,9-10H2,1-5H3,(H,25,26). The second-order valence-corrected chi connectivity index (χ2v) is 9.48. The minimum atomic E-state index is -0.715. The van der Waals surface area contributed by atoms with Gasteiger partial charge >= 0.3 is 0 Å². The summed E-state index contributed by atoms with van der Waals surface area (Å²) in [4.78, 5) is 42.7. The Morgan fingerprint density at radius 1 is 1.23 bits per heavy atom. The number of hydrogen-bond acceptors (Lipinski definition) is 9. The van der Waals surface area contributed by atoms with Crippen LogP contribution in [0.4, 0.5) is 17.1 Å². The Hall–Kier alpha value is -3.89. The molecule has 1 atom stereocenters. The summed E-state index contributed by atoms with van der Waals surface area (Å²) in [5.74, 6) is -0.313. The van der Waals surface area contributed by atoms with Crippen LogP contribution in [0.1, 0.15) is 54.8 Å². The van der Waals surface area contributed by atoms with Crippen LogP contribution >= 0.6 is 0 Å². The molecule has 4 rings (SSSR count). The third kappa shape index (κ3) is 4.22. The number of rotatable bonds is 8. The van der Waals surface area contributed by atoms with Crippen molar-refractivity contribution in [2.45, 2.75) is 38.6 Å². The molecule has 11 nitrogen and oxygen atoms in total. The van der Waals surface area contributed by atoms with E-state index in [1.54, 1.807) is 25.0 Å². The van der Waals surface area contributed by atoms with Gasteiger partial charge in [-0.25, -0.2) is 4.98 Å². The van der Waals surface area contributed by atoms with Crippen LogP contribution in [-0.4, -0.2) is 51.9 Å². The van der Waals surface area contributed by atoms with E-state index in [9.17, 15) is 19.5 Å². The molecule has 0 bridgehead atoms. The number of anilines is 3. The Balaban J connectivity index is 1.72. The van der Waals surface area contributed by atoms with Crippen molar-refractivity contribution in [3.8, 4) is 11.5 Å². The van der Waals surface area contributed by atoms with Crippen molar-refractivity contribution in [3.05, 3.63) is 50.3 Å². The highest BCUT2D eigenvalue weighted by molar-refractivity contribution is 5.97. The first kappa shape index (κ1) is 24.2. The number of carbonyl (C=O) groups is 1. The first-order valence-electron chi connectivity index (χ1n) is 11.4. The smallest absolute Gasteiger partial charge is 0.275 e. The van der Waals surface area contributed by atoms with Crippen LogP contribution in [0.15, 0.2) is 28.0 Å². The summed E-state index contributed by atoms with van der Waals surface area (Å²) < 4.78 is 7.20. The van der Waals surface area contributed by atoms with Gasteiger partial charge in [0.1, 0.15) is 17.1 Å². The van der Waals surface area contributed by atoms with Crippen molar-refractivity contribution >= 4 is 23.0 Å². The SMILES string of the molecule is COc1cn(C)nc1C(Nc1c(Nc2ccnc(C(=O)N(C)C)c2O)c(=O)c1=O)C1(C)CCCC1. The first-order valence-corrected chi connectivity index (χ1v) is 11.4. The van der Waals surface area contributed by atoms with E-state index >= 15 is 0 Å². The molecule has 1 saturated carbocycles. The molecule has 3 N–H and O–H groups in total. The molecule has 2 aromatic heterocycles. The third-order valence-electron chi connectivity index (χ3n) is 6.75. The molecule has 0 spiro atoms. The zero-order chi connectivity index (χ0) is 25.5. The van der Waals surface area contributed by atoms with Crippen molar-refractivity contribution in [2.24, 2.45) is 12.5 Å². The van der Waals surface area contributed by atoms with Gasteiger partial charge in [-0.05, 0) is 24.3 Å². The van der Waals surface area contributed by atoms with Crippen LogP contribution in [0.2, 0.25) is 0 Å². The number of hydrogen-bond donors (Lipinski definition) is 3. The molecule has 1 aliphatic carbocycles. The maximum Gasteiger partial charge on any atom is 0.275 e. The predicted molar refractivity (Wildman–Crippen MR) is 131 cm³/mol. The van der Waals surface area contributed by atoms with E-state index in [0.717, 1.165) is 25.7 Å². The van der Waals surface area contributed by atoms with E-state index in [1.165, 1.54) is 31.3 Å². The monoisotopic (exact) mass is 482 g/mol. The molecule has 1 aromatic carbocycles. The maximum atomic E-state index is 12.7. The summed E-state index contributed by atoms with van der Waals surface area (Å²) in [6.07, 6.45) is 7.05. The summed E-state index contributed by atoms with van der Waals surface area (Å²) in [5.41, 5.74) is -0.882. The van der Waals surface area contributed by atoms with Gasteiger partial charge in [-0.2, -0.15) is 5.10 Å². The molecule has 1 fully saturated rings. The number of aromatic hydroxyl groups is 1. The van der Waals surface area contributed by atoms with Gasteiger partial charge in [0.25, 0.3) is 16.8 Å². The lowest BCUT2D eigenvalue weighted by atomic mass is 9.78. The highest BCUT2D eigenvalue weighted by Crippen LogP contribution is 2.50. The van der Waals surface area contributed by atoms with Crippen molar-refractivity contribution in [1.82, 2.24) is 19.7 Å². The van der Waals surface area contributed by atoms with Gasteiger partial charge < -0.3 is 25.4 Å². The molecule has 0 saturated heterocycles. The van der Waals surface area contributed by atoms with E-state index in [1.807, 2.05) is 0 Å². The predicted octanol–water partition coefficient (Wildman–Crippen LogP) is 2.30. The molecular weight excluding hydrogens is 452 g/mol. The Bertz CT molecular complexity index is 1330. The molecule has 2 heterocycles. The van der Waals surface area contributed by atoms with E-state index < -0.39 is 22.5 Å². The van der Waals surface area contributed by atoms with Crippen LogP contribution in [0.3, 0.4) is 0 Å². The number of aryl methyl sites for hydroxylation is 1. The number of amides is 1. The lowest BCUT2D eigenvalue weighted by Gasteiger charge is -2.35. The summed E-state index contributed by atoms with van der Waals surface area (Å²) in [5, 5.41) is 21.3. The van der Waals surface area contributed by atoms with Crippen LogP contribution in [-0.2, 0) is 7.05 Å². The van der Waals surface area contributed by atoms with Crippen molar-refractivity contribution in [2.75, 3.05) is 31.8 Å². The number of pyridine rings is 1. The van der Waals surface area contributed by atoms with Crippen molar-refractivity contribution in [3.63, 3.8) is 0 Å². The summed E-state index contributed by atoms with van der Waals surface area (Å²) >= 11 is 0. The minimum Gasteiger partial charge on any atom is -0.504 e. The zero-order valence-electron chi connectivity index (χ0n) is 20.5. The Labute approximate surface area is 202 Å². The van der Waals surface area contributed by atoms with Crippen molar-refractivity contribution in [1.29, 1.82) is 0 Å². The van der Waals surface area contributed by atoms with Gasteiger partial charge in [0, 0.05) is 27.3 Å². The maximum absolute atomic E-state index is 12.7. The fourth-order valence-corrected chi connectivity index (χ4v) is 4.74. The number of methoxy groups -OCH3 is 1. The summed E-state index contributed by atoms with van der Waals surface area (Å²) in [6, 6.07) is 1.04. The zero-order valence-corrected chi connectivity index (χ0v) is 20.5. The van der Waals surface area contributed by atoms with E-state index in [-0.39, 0.29) is 34.2 Å². The number of nitrogens with one attached hydrogen (secondary N) is 2. The average molecular weight is 483 g/mol. The van der Waals surface area contributed by atoms with E-state index in [0.29, 0.717) is 11.4 Å². The Kier molecular flexibility index (Phi) is 6.27. The molecule has 0 aliphatic heterocycles. The molecule has 11 heteroatoms. The summed E-state index contributed by atoms with van der Waals surface area (Å²) in [6.45, 7) is 2.14. The van der Waals surface area contributed by atoms with Gasteiger partial charge in [-0.1, -0.05) is 19.8 Å². The molecule has 3 aromatic rings. The quantitative estimate of drug-likeness (QED) is 0.413. The Morgan fingerprint density at radius 2 is 1.89 bits per heavy atom. The molecule has 0 radical (unpaired) electrons. The lowest BCUT2D eigenvalue weighted by Crippen LogP contribution is -2.40. The minimum absolute atomic E-state index is 0.0150. The third-order valence-corrected chi connectivity index (χ3v) is 6.75. The molecular formula is C24H30N6O5. The van der Waals surface area contributed by atoms with Crippen LogP contribution in [0, 0.1) is 5.41 Å². The number of carbonyl (C=O) groups excluding carboxylic acids is 1. The number of ether oxygens (including phenoxy) is 1. The van der Waals surface area contributed by atoms with E-state index in [4.69, 9.17) is 4.74 Å². The van der Waals surface area contributed by atoms with Crippen LogP contribution < -0.4 is 26.2 Å². The van der Waals surface area contributed by atoms with E-state index in [2.05, 4.69) is 27.6 Å². The number of aromatic nitrogens is 3. The second-order valence-electron chi connectivity index (χ2n) is 9.48. The normalized spacial score (nSPS) is 15.7. The second kappa shape index (κ2) is 9.05. The average Bonchev–Trinajstić information content (AvgIpc) is 3.44. The Morgan fingerprint density at radius 3 is 2.51 bits per heavy atom. The van der Waals surface area contributed by atoms with Crippen LogP contribution in [0.5, 0.6) is 11.5 Å². The number of nitrogens with zero attached hydrogens (tertiary/aromatic N) is 4. The van der Waals surface area contributed by atoms with Gasteiger partial charge in [0.15, 0.2) is 17.2 Å². The van der Waals surface area contributed by atoms with Crippen LogP contribution in [0.25, 0.3) is 0 Å². The fraction of sp³-hybridized carbons (Fsp3) is 0.458. The van der Waals surface area contributed by atoms with Crippen molar-refractivity contribution < 1.29 is 14.6 Å². The van der Waals surface area contributed by atoms with Gasteiger partial charge in [-0.15, -0.1) is 0 Å². The highest BCUT2D eigenvalue weighted by atomic mass is 16.5. The molecule has 1 unspecified atom stereocenters. The molecule has 1 aliphatic rings. The van der Waals surface area contributed by atoms with Gasteiger partial charge in [-0.3, -0.25) is 19.1 Å².